The number of nitrogens with zero attached hydrogens (tertiary/aromatic N) is 4. The first kappa shape index (κ1) is 12.0. The van der Waals surface area contributed by atoms with Gasteiger partial charge in [-0.05, 0) is 12.1 Å². The van der Waals surface area contributed by atoms with E-state index in [4.69, 9.17) is 10.2 Å². The third kappa shape index (κ3) is 2.12. The summed E-state index contributed by atoms with van der Waals surface area (Å²) in [5.74, 6) is -0.359. The van der Waals surface area contributed by atoms with Crippen LogP contribution in [0.5, 0.6) is 0 Å². The maximum atomic E-state index is 11.4. The van der Waals surface area contributed by atoms with Crippen LogP contribution in [0.4, 0.5) is 0 Å². The Morgan fingerprint density at radius 1 is 1.10 bits per heavy atom. The van der Waals surface area contributed by atoms with Crippen molar-refractivity contribution in [2.45, 2.75) is 0 Å². The molecule has 3 rings (SSSR count). The summed E-state index contributed by atoms with van der Waals surface area (Å²) in [6.45, 7) is 0. The Hall–Kier alpha value is -3.09. The fourth-order valence-electron chi connectivity index (χ4n) is 1.70. The summed E-state index contributed by atoms with van der Waals surface area (Å²) in [5, 5.41) is 0. The highest BCUT2D eigenvalue weighted by atomic mass is 16.3. The fraction of sp³-hybridized carbons (Fsp3) is 0. The van der Waals surface area contributed by atoms with Gasteiger partial charge in [0.2, 0.25) is 5.89 Å². The van der Waals surface area contributed by atoms with Gasteiger partial charge in [0.05, 0.1) is 18.1 Å². The van der Waals surface area contributed by atoms with Crippen LogP contribution in [0, 0.1) is 0 Å². The average molecular weight is 267 g/mol. The molecule has 98 valence electrons. The highest BCUT2D eigenvalue weighted by molar-refractivity contribution is 5.96. The number of primary amides is 1. The molecule has 0 aliphatic rings. The number of oxazole rings is 1. The van der Waals surface area contributed by atoms with Gasteiger partial charge in [0.15, 0.2) is 5.69 Å². The molecule has 0 aromatic carbocycles. The van der Waals surface area contributed by atoms with Gasteiger partial charge in [-0.2, -0.15) is 0 Å². The first-order valence-corrected chi connectivity index (χ1v) is 5.74. The molecule has 3 heterocycles. The lowest BCUT2D eigenvalue weighted by atomic mass is 10.2. The summed E-state index contributed by atoms with van der Waals surface area (Å²) in [4.78, 5) is 27.9. The van der Waals surface area contributed by atoms with E-state index in [2.05, 4.69) is 19.9 Å². The van der Waals surface area contributed by atoms with Crippen LogP contribution in [0.25, 0.3) is 23.0 Å². The van der Waals surface area contributed by atoms with Gasteiger partial charge in [0.1, 0.15) is 17.7 Å². The molecule has 3 aromatic heterocycles. The van der Waals surface area contributed by atoms with E-state index in [-0.39, 0.29) is 5.69 Å². The molecule has 0 spiro atoms. The van der Waals surface area contributed by atoms with Crippen LogP contribution in [0.2, 0.25) is 0 Å². The third-order valence-corrected chi connectivity index (χ3v) is 2.56. The van der Waals surface area contributed by atoms with Gasteiger partial charge in [0, 0.05) is 6.20 Å². The molecule has 0 saturated carbocycles. The molecule has 0 bridgehead atoms. The number of nitrogens with two attached hydrogens (primary N) is 1. The van der Waals surface area contributed by atoms with Crippen LogP contribution in [0.3, 0.4) is 0 Å². The van der Waals surface area contributed by atoms with Crippen molar-refractivity contribution in [1.82, 2.24) is 19.9 Å². The Bertz CT molecular complexity index is 741. The number of hydrogen-bond donors (Lipinski definition) is 1. The first-order valence-electron chi connectivity index (χ1n) is 5.74. The van der Waals surface area contributed by atoms with E-state index in [1.807, 2.05) is 0 Å². The second kappa shape index (κ2) is 4.88. The van der Waals surface area contributed by atoms with Crippen LogP contribution in [-0.4, -0.2) is 25.8 Å². The van der Waals surface area contributed by atoms with Crippen molar-refractivity contribution in [3.8, 4) is 23.0 Å². The predicted molar refractivity (Wildman–Crippen MR) is 69.3 cm³/mol. The minimum atomic E-state index is -0.669. The smallest absolute Gasteiger partial charge is 0.269 e. The summed E-state index contributed by atoms with van der Waals surface area (Å²) in [6, 6.07) is 5.27. The average Bonchev–Trinajstić information content (AvgIpc) is 3.02. The van der Waals surface area contributed by atoms with Gasteiger partial charge in [-0.15, -0.1) is 0 Å². The number of aromatic nitrogens is 4. The van der Waals surface area contributed by atoms with Crippen molar-refractivity contribution in [2.24, 2.45) is 5.73 Å². The minimum Gasteiger partial charge on any atom is -0.443 e. The lowest BCUT2D eigenvalue weighted by Gasteiger charge is -2.05. The van der Waals surface area contributed by atoms with Crippen LogP contribution >= 0.6 is 0 Å². The van der Waals surface area contributed by atoms with Gasteiger partial charge >= 0.3 is 0 Å². The predicted octanol–water partition coefficient (Wildman–Crippen LogP) is 1.29. The van der Waals surface area contributed by atoms with E-state index >= 15 is 0 Å². The van der Waals surface area contributed by atoms with Crippen molar-refractivity contribution in [2.75, 3.05) is 0 Å². The van der Waals surface area contributed by atoms with Crippen molar-refractivity contribution in [3.05, 3.63) is 48.7 Å². The lowest BCUT2D eigenvalue weighted by molar-refractivity contribution is 0.0996. The van der Waals surface area contributed by atoms with Crippen LogP contribution < -0.4 is 5.73 Å². The normalized spacial score (nSPS) is 10.4. The Morgan fingerprint density at radius 3 is 2.65 bits per heavy atom. The molecule has 0 atom stereocenters. The van der Waals surface area contributed by atoms with E-state index < -0.39 is 5.91 Å². The van der Waals surface area contributed by atoms with Crippen molar-refractivity contribution in [3.63, 3.8) is 0 Å². The molecule has 2 N–H and O–H groups in total. The van der Waals surface area contributed by atoms with Crippen LogP contribution in [0.15, 0.2) is 47.5 Å². The highest BCUT2D eigenvalue weighted by Crippen LogP contribution is 2.21. The quantitative estimate of drug-likeness (QED) is 0.766. The van der Waals surface area contributed by atoms with Crippen molar-refractivity contribution < 1.29 is 9.21 Å². The molecular weight excluding hydrogens is 258 g/mol. The summed E-state index contributed by atoms with van der Waals surface area (Å²) in [6.07, 6.45) is 5.91. The Balaban J connectivity index is 2.19. The first-order chi connectivity index (χ1) is 9.75. The molecule has 7 heteroatoms. The number of hydrogen-bond acceptors (Lipinski definition) is 6. The molecule has 0 saturated heterocycles. The molecule has 0 radical (unpaired) electrons. The monoisotopic (exact) mass is 267 g/mol. The number of amides is 1. The maximum Gasteiger partial charge on any atom is 0.269 e. The third-order valence-electron chi connectivity index (χ3n) is 2.56. The molecule has 1 amide bonds. The molecular formula is C13H9N5O2. The summed E-state index contributed by atoms with van der Waals surface area (Å²) in [5.41, 5.74) is 6.57. The van der Waals surface area contributed by atoms with Crippen LogP contribution in [0.1, 0.15) is 10.5 Å². The zero-order valence-corrected chi connectivity index (χ0v) is 10.2. The Labute approximate surface area is 113 Å². The van der Waals surface area contributed by atoms with E-state index in [9.17, 15) is 4.79 Å². The second-order valence-corrected chi connectivity index (χ2v) is 3.87. The van der Waals surface area contributed by atoms with Gasteiger partial charge in [-0.25, -0.2) is 15.0 Å². The molecule has 0 fully saturated rings. The summed E-state index contributed by atoms with van der Waals surface area (Å²) >= 11 is 0. The number of carbonyl (C=O) groups is 1. The number of pyridine rings is 1. The van der Waals surface area contributed by atoms with E-state index in [0.29, 0.717) is 23.0 Å². The Kier molecular flexibility index (Phi) is 2.92. The van der Waals surface area contributed by atoms with Crippen molar-refractivity contribution in [1.29, 1.82) is 0 Å². The molecule has 0 aliphatic heterocycles. The molecule has 0 unspecified atom stereocenters. The Morgan fingerprint density at radius 2 is 2.00 bits per heavy atom. The molecule has 3 aromatic rings. The highest BCUT2D eigenvalue weighted by Gasteiger charge is 2.17. The van der Waals surface area contributed by atoms with Crippen LogP contribution in [-0.2, 0) is 0 Å². The van der Waals surface area contributed by atoms with E-state index in [1.54, 1.807) is 24.4 Å². The number of carbonyl (C=O) groups excluding carboxylic acids is 1. The standard InChI is InChI=1S/C13H9N5O2/c14-12(19)11-10(8-3-1-2-4-15-8)18-9(7-17-11)13-16-5-6-20-13/h1-7H,(H2,14,19). The zero-order valence-electron chi connectivity index (χ0n) is 10.2. The van der Waals surface area contributed by atoms with Gasteiger partial charge in [0.25, 0.3) is 5.91 Å². The van der Waals surface area contributed by atoms with Gasteiger partial charge in [-0.1, -0.05) is 6.07 Å². The topological polar surface area (TPSA) is 108 Å². The molecule has 20 heavy (non-hydrogen) atoms. The maximum absolute atomic E-state index is 11.4. The van der Waals surface area contributed by atoms with Gasteiger partial charge in [-0.3, -0.25) is 9.78 Å². The second-order valence-electron chi connectivity index (χ2n) is 3.87. The van der Waals surface area contributed by atoms with E-state index in [1.165, 1.54) is 18.7 Å². The summed E-state index contributed by atoms with van der Waals surface area (Å²) < 4.78 is 5.16. The largest absolute Gasteiger partial charge is 0.443 e. The molecule has 0 aliphatic carbocycles. The van der Waals surface area contributed by atoms with E-state index in [0.717, 1.165) is 0 Å². The fourth-order valence-corrected chi connectivity index (χ4v) is 1.70. The lowest BCUT2D eigenvalue weighted by Crippen LogP contribution is -2.16. The van der Waals surface area contributed by atoms with Gasteiger partial charge < -0.3 is 10.2 Å². The number of rotatable bonds is 3. The minimum absolute atomic E-state index is 0.0546. The summed E-state index contributed by atoms with van der Waals surface area (Å²) in [7, 11) is 0. The zero-order chi connectivity index (χ0) is 13.9. The molecule has 7 nitrogen and oxygen atoms in total. The SMILES string of the molecule is NC(=O)c1ncc(-c2ncco2)nc1-c1ccccn1. The van der Waals surface area contributed by atoms with Crippen molar-refractivity contribution >= 4 is 5.91 Å².